The van der Waals surface area contributed by atoms with Crippen LogP contribution in [0.2, 0.25) is 0 Å². The maximum atomic E-state index is 13.7. The third-order valence-electron chi connectivity index (χ3n) is 4.66. The van der Waals surface area contributed by atoms with Gasteiger partial charge in [0.25, 0.3) is 0 Å². The number of rotatable bonds is 4. The summed E-state index contributed by atoms with van der Waals surface area (Å²) in [5.74, 6) is -1.11. The van der Waals surface area contributed by atoms with Crippen molar-refractivity contribution < 1.29 is 17.6 Å². The van der Waals surface area contributed by atoms with Crippen molar-refractivity contribution in [3.8, 4) is 0 Å². The molecule has 2 fully saturated rings. The van der Waals surface area contributed by atoms with Crippen molar-refractivity contribution in [1.29, 1.82) is 0 Å². The maximum absolute atomic E-state index is 13.7. The Morgan fingerprint density at radius 1 is 1.29 bits per heavy atom. The smallest absolute Gasteiger partial charge is 0.244 e. The van der Waals surface area contributed by atoms with Gasteiger partial charge in [-0.25, -0.2) is 12.8 Å². The van der Waals surface area contributed by atoms with Crippen LogP contribution < -0.4 is 10.0 Å². The largest absolute Gasteiger partial charge is 0.340 e. The van der Waals surface area contributed by atoms with Crippen molar-refractivity contribution in [1.82, 2.24) is 14.9 Å². The van der Waals surface area contributed by atoms with E-state index < -0.39 is 26.8 Å². The van der Waals surface area contributed by atoms with Gasteiger partial charge < -0.3 is 10.2 Å². The van der Waals surface area contributed by atoms with E-state index in [2.05, 4.69) is 10.0 Å². The Morgan fingerprint density at radius 2 is 2.00 bits per heavy atom. The average molecular weight is 355 g/mol. The lowest BCUT2D eigenvalue weighted by atomic mass is 10.1. The molecule has 0 spiro atoms. The number of benzene rings is 1. The van der Waals surface area contributed by atoms with E-state index in [1.165, 1.54) is 25.1 Å². The molecule has 132 valence electrons. The summed E-state index contributed by atoms with van der Waals surface area (Å²) >= 11 is 0. The molecule has 2 aliphatic heterocycles. The molecule has 2 bridgehead atoms. The Kier molecular flexibility index (Phi) is 4.89. The first-order chi connectivity index (χ1) is 11.4. The number of hydrogen-bond acceptors (Lipinski definition) is 4. The molecule has 3 unspecified atom stereocenters. The summed E-state index contributed by atoms with van der Waals surface area (Å²) in [6.45, 7) is 2.69. The predicted octanol–water partition coefficient (Wildman–Crippen LogP) is 0.845. The van der Waals surface area contributed by atoms with Crippen LogP contribution in [0.25, 0.3) is 0 Å². The Morgan fingerprint density at radius 3 is 2.75 bits per heavy atom. The fourth-order valence-electron chi connectivity index (χ4n) is 3.43. The molecule has 0 aliphatic carbocycles. The van der Waals surface area contributed by atoms with E-state index in [9.17, 15) is 17.6 Å². The van der Waals surface area contributed by atoms with E-state index in [4.69, 9.17) is 0 Å². The molecular weight excluding hydrogens is 333 g/mol. The summed E-state index contributed by atoms with van der Waals surface area (Å²) in [7, 11) is -4.08. The van der Waals surface area contributed by atoms with Gasteiger partial charge in [0, 0.05) is 25.2 Å². The van der Waals surface area contributed by atoms with Crippen LogP contribution in [0.3, 0.4) is 0 Å². The summed E-state index contributed by atoms with van der Waals surface area (Å²) in [4.78, 5) is 13.9. The molecule has 1 aromatic carbocycles. The van der Waals surface area contributed by atoms with E-state index in [1.807, 2.05) is 0 Å². The van der Waals surface area contributed by atoms with Gasteiger partial charge in [0.1, 0.15) is 10.7 Å². The summed E-state index contributed by atoms with van der Waals surface area (Å²) < 4.78 is 40.6. The van der Waals surface area contributed by atoms with E-state index in [1.54, 1.807) is 4.90 Å². The van der Waals surface area contributed by atoms with Crippen LogP contribution in [0.5, 0.6) is 0 Å². The number of hydrogen-bond donors (Lipinski definition) is 2. The second-order valence-electron chi connectivity index (χ2n) is 6.48. The molecule has 2 saturated heterocycles. The molecule has 3 atom stereocenters. The van der Waals surface area contributed by atoms with Crippen LogP contribution in [0, 0.1) is 5.82 Å². The van der Waals surface area contributed by atoms with Crippen molar-refractivity contribution in [2.24, 2.45) is 0 Å². The maximum Gasteiger partial charge on any atom is 0.244 e. The van der Waals surface area contributed by atoms with Crippen molar-refractivity contribution in [2.75, 3.05) is 13.1 Å². The van der Waals surface area contributed by atoms with Crippen LogP contribution in [0.15, 0.2) is 29.2 Å². The second-order valence-corrected chi connectivity index (χ2v) is 8.17. The zero-order valence-corrected chi connectivity index (χ0v) is 14.4. The Bertz CT molecular complexity index is 725. The highest BCUT2D eigenvalue weighted by Crippen LogP contribution is 2.21. The van der Waals surface area contributed by atoms with Crippen LogP contribution in [0.1, 0.15) is 26.2 Å². The minimum absolute atomic E-state index is 0.274. The number of fused-ring (bicyclic) bond motifs is 2. The molecule has 1 amide bonds. The van der Waals surface area contributed by atoms with Crippen molar-refractivity contribution in [3.63, 3.8) is 0 Å². The van der Waals surface area contributed by atoms with E-state index in [0.717, 1.165) is 25.3 Å². The van der Waals surface area contributed by atoms with Gasteiger partial charge in [-0.1, -0.05) is 12.1 Å². The van der Waals surface area contributed by atoms with Gasteiger partial charge in [0.2, 0.25) is 15.9 Å². The molecule has 8 heteroatoms. The standard InChI is InChI=1S/C16H22FN3O3S/c1-11(19-24(22,23)15-5-3-2-4-14(15)17)16(21)20-9-8-12-6-7-13(10-20)18-12/h2-5,11-13,18-19H,6-10H2,1H3. The third-order valence-corrected chi connectivity index (χ3v) is 6.24. The number of amides is 1. The number of nitrogens with zero attached hydrogens (tertiary/aromatic N) is 1. The van der Waals surface area contributed by atoms with Gasteiger partial charge in [-0.2, -0.15) is 4.72 Å². The summed E-state index contributed by atoms with van der Waals surface area (Å²) in [5, 5.41) is 3.48. The van der Waals surface area contributed by atoms with Crippen molar-refractivity contribution in [3.05, 3.63) is 30.1 Å². The average Bonchev–Trinajstić information content (AvgIpc) is 2.85. The minimum Gasteiger partial charge on any atom is -0.340 e. The first kappa shape index (κ1) is 17.3. The monoisotopic (exact) mass is 355 g/mol. The van der Waals surface area contributed by atoms with E-state index in [-0.39, 0.29) is 11.9 Å². The molecule has 2 N–H and O–H groups in total. The van der Waals surface area contributed by atoms with Gasteiger partial charge in [-0.3, -0.25) is 4.79 Å². The number of likely N-dealkylation sites (tertiary alicyclic amines) is 1. The molecule has 0 saturated carbocycles. The van der Waals surface area contributed by atoms with Gasteiger partial charge in [0.15, 0.2) is 0 Å². The molecule has 24 heavy (non-hydrogen) atoms. The molecule has 0 radical (unpaired) electrons. The highest BCUT2D eigenvalue weighted by Gasteiger charge is 2.34. The van der Waals surface area contributed by atoms with Crippen molar-refractivity contribution in [2.45, 2.75) is 49.2 Å². The summed E-state index contributed by atoms with van der Waals surface area (Å²) in [6.07, 6.45) is 3.03. The number of halogens is 1. The molecular formula is C16H22FN3O3S. The molecule has 0 aromatic heterocycles. The Hall–Kier alpha value is -1.51. The zero-order chi connectivity index (χ0) is 17.3. The number of nitrogens with one attached hydrogen (secondary N) is 2. The molecule has 3 rings (SSSR count). The lowest BCUT2D eigenvalue weighted by Crippen LogP contribution is -2.49. The van der Waals surface area contributed by atoms with Crippen LogP contribution in [-0.4, -0.2) is 50.4 Å². The highest BCUT2D eigenvalue weighted by atomic mass is 32.2. The first-order valence-electron chi connectivity index (χ1n) is 8.18. The molecule has 2 heterocycles. The Labute approximate surface area is 141 Å². The van der Waals surface area contributed by atoms with Gasteiger partial charge in [-0.15, -0.1) is 0 Å². The number of sulfonamides is 1. The second kappa shape index (κ2) is 6.78. The van der Waals surface area contributed by atoms with Crippen LogP contribution in [0.4, 0.5) is 4.39 Å². The predicted molar refractivity (Wildman–Crippen MR) is 87.3 cm³/mol. The quantitative estimate of drug-likeness (QED) is 0.839. The SMILES string of the molecule is CC(NS(=O)(=O)c1ccccc1F)C(=O)N1CCC2CCC(C1)N2. The fraction of sp³-hybridized carbons (Fsp3) is 0.562. The van der Waals surface area contributed by atoms with E-state index in [0.29, 0.717) is 19.1 Å². The molecule has 2 aliphatic rings. The van der Waals surface area contributed by atoms with Gasteiger partial charge in [0.05, 0.1) is 6.04 Å². The van der Waals surface area contributed by atoms with E-state index >= 15 is 0 Å². The molecule has 1 aromatic rings. The summed E-state index contributed by atoms with van der Waals surface area (Å²) in [5.41, 5.74) is 0. The highest BCUT2D eigenvalue weighted by molar-refractivity contribution is 7.89. The van der Waals surface area contributed by atoms with Crippen LogP contribution in [-0.2, 0) is 14.8 Å². The third kappa shape index (κ3) is 3.60. The zero-order valence-electron chi connectivity index (χ0n) is 13.5. The first-order valence-corrected chi connectivity index (χ1v) is 9.67. The topological polar surface area (TPSA) is 78.5 Å². The normalized spacial score (nSPS) is 25.3. The van der Waals surface area contributed by atoms with Gasteiger partial charge >= 0.3 is 0 Å². The number of carbonyl (C=O) groups excluding carboxylic acids is 1. The van der Waals surface area contributed by atoms with Crippen molar-refractivity contribution >= 4 is 15.9 Å². The Balaban J connectivity index is 1.69. The number of carbonyl (C=O) groups is 1. The lowest BCUT2D eigenvalue weighted by molar-refractivity contribution is -0.132. The summed E-state index contributed by atoms with van der Waals surface area (Å²) in [6, 6.07) is 4.91. The fourth-order valence-corrected chi connectivity index (χ4v) is 4.70. The minimum atomic E-state index is -4.08. The van der Waals surface area contributed by atoms with Gasteiger partial charge in [-0.05, 0) is 38.3 Å². The lowest BCUT2D eigenvalue weighted by Gasteiger charge is -2.27. The molecule has 6 nitrogen and oxygen atoms in total. The van der Waals surface area contributed by atoms with Crippen LogP contribution >= 0.6 is 0 Å².